The van der Waals surface area contributed by atoms with Crippen LogP contribution in [0.5, 0.6) is 0 Å². The van der Waals surface area contributed by atoms with Crippen LogP contribution in [0.1, 0.15) is 90.0 Å². The van der Waals surface area contributed by atoms with Gasteiger partial charge in [0.2, 0.25) is 0 Å². The standard InChI is InChI=1S/C23H29ClN2O3S/c1-12-9-15(22(3,4)5)16(24)10-14(12)20(28)25-17-11-30-19(18(17)13(2)27)21(29)26-23(6,7)8/h9-11H,1-8H3,(H,25,28)(H,26,29). The first kappa shape index (κ1) is 24.1. The fourth-order valence-corrected chi connectivity index (χ4v) is 4.44. The summed E-state index contributed by atoms with van der Waals surface area (Å²) in [4.78, 5) is 38.1. The molecule has 2 rings (SSSR count). The molecule has 162 valence electrons. The zero-order chi connectivity index (χ0) is 23.0. The van der Waals surface area contributed by atoms with Gasteiger partial charge >= 0.3 is 0 Å². The van der Waals surface area contributed by atoms with Gasteiger partial charge in [-0.25, -0.2) is 0 Å². The summed E-state index contributed by atoms with van der Waals surface area (Å²) in [7, 11) is 0. The third kappa shape index (κ3) is 5.49. The summed E-state index contributed by atoms with van der Waals surface area (Å²) < 4.78 is 0. The molecule has 0 saturated heterocycles. The molecule has 5 nitrogen and oxygen atoms in total. The summed E-state index contributed by atoms with van der Waals surface area (Å²) in [6.45, 7) is 15.0. The molecule has 30 heavy (non-hydrogen) atoms. The number of aryl methyl sites for hydroxylation is 1. The Morgan fingerprint density at radius 1 is 1.00 bits per heavy atom. The number of anilines is 1. The quantitative estimate of drug-likeness (QED) is 0.564. The molecule has 0 fully saturated rings. The second-order valence-corrected chi connectivity index (χ2v) is 10.8. The van der Waals surface area contributed by atoms with Crippen molar-refractivity contribution >= 4 is 46.2 Å². The van der Waals surface area contributed by atoms with Gasteiger partial charge in [0.05, 0.1) is 11.3 Å². The molecule has 0 bridgehead atoms. The number of carbonyl (C=O) groups is 3. The van der Waals surface area contributed by atoms with E-state index in [2.05, 4.69) is 31.4 Å². The van der Waals surface area contributed by atoms with E-state index in [-0.39, 0.29) is 33.5 Å². The topological polar surface area (TPSA) is 75.3 Å². The number of halogens is 1. The summed E-state index contributed by atoms with van der Waals surface area (Å²) >= 11 is 7.57. The van der Waals surface area contributed by atoms with Gasteiger partial charge in [0, 0.05) is 21.5 Å². The Labute approximate surface area is 187 Å². The first-order valence-corrected chi connectivity index (χ1v) is 10.9. The fraction of sp³-hybridized carbons (Fsp3) is 0.435. The summed E-state index contributed by atoms with van der Waals surface area (Å²) in [6, 6.07) is 3.57. The number of Topliss-reactive ketones (excluding diaryl/α,β-unsaturated/α-hetero) is 1. The second kappa shape index (κ2) is 8.52. The summed E-state index contributed by atoms with van der Waals surface area (Å²) in [6.07, 6.45) is 0. The van der Waals surface area contributed by atoms with Crippen LogP contribution in [0.15, 0.2) is 17.5 Å². The number of hydrogen-bond donors (Lipinski definition) is 2. The van der Waals surface area contributed by atoms with E-state index in [1.807, 2.05) is 33.8 Å². The molecule has 0 aliphatic carbocycles. The Bertz CT molecular complexity index is 1010. The van der Waals surface area contributed by atoms with Gasteiger partial charge in [-0.1, -0.05) is 38.4 Å². The van der Waals surface area contributed by atoms with Crippen molar-refractivity contribution in [2.24, 2.45) is 0 Å². The Hall–Kier alpha value is -2.18. The lowest BCUT2D eigenvalue weighted by Crippen LogP contribution is -2.40. The van der Waals surface area contributed by atoms with Crippen molar-refractivity contribution in [2.45, 2.75) is 66.3 Å². The number of benzene rings is 1. The van der Waals surface area contributed by atoms with Crippen LogP contribution in [0.4, 0.5) is 5.69 Å². The zero-order valence-corrected chi connectivity index (χ0v) is 20.3. The maximum absolute atomic E-state index is 13.0. The molecule has 0 spiro atoms. The lowest BCUT2D eigenvalue weighted by Gasteiger charge is -2.22. The van der Waals surface area contributed by atoms with Gasteiger partial charge < -0.3 is 10.6 Å². The highest BCUT2D eigenvalue weighted by molar-refractivity contribution is 7.13. The van der Waals surface area contributed by atoms with Crippen LogP contribution in [-0.2, 0) is 5.41 Å². The largest absolute Gasteiger partial charge is 0.347 e. The lowest BCUT2D eigenvalue weighted by molar-refractivity contribution is 0.0912. The van der Waals surface area contributed by atoms with Crippen molar-refractivity contribution in [1.29, 1.82) is 0 Å². The molecule has 1 heterocycles. The van der Waals surface area contributed by atoms with E-state index in [1.165, 1.54) is 6.92 Å². The SMILES string of the molecule is CC(=O)c1c(NC(=O)c2cc(Cl)c(C(C)(C)C)cc2C)csc1C(=O)NC(C)(C)C. The van der Waals surface area contributed by atoms with Crippen LogP contribution >= 0.6 is 22.9 Å². The average molecular weight is 449 g/mol. The van der Waals surface area contributed by atoms with Crippen LogP contribution in [-0.4, -0.2) is 23.1 Å². The Morgan fingerprint density at radius 2 is 1.60 bits per heavy atom. The average Bonchev–Trinajstić information content (AvgIpc) is 2.97. The van der Waals surface area contributed by atoms with E-state index in [4.69, 9.17) is 11.6 Å². The summed E-state index contributed by atoms with van der Waals surface area (Å²) in [5.74, 6) is -1.01. The molecule has 0 saturated carbocycles. The van der Waals surface area contributed by atoms with E-state index < -0.39 is 5.54 Å². The molecule has 2 aromatic rings. The fourth-order valence-electron chi connectivity index (χ4n) is 3.05. The Morgan fingerprint density at radius 3 is 2.10 bits per heavy atom. The van der Waals surface area contributed by atoms with Crippen molar-refractivity contribution in [3.05, 3.63) is 49.7 Å². The van der Waals surface area contributed by atoms with Crippen molar-refractivity contribution in [3.8, 4) is 0 Å². The number of nitrogens with one attached hydrogen (secondary N) is 2. The number of rotatable bonds is 4. The minimum absolute atomic E-state index is 0.151. The summed E-state index contributed by atoms with van der Waals surface area (Å²) in [5.41, 5.74) is 2.11. The molecular weight excluding hydrogens is 420 g/mol. The monoisotopic (exact) mass is 448 g/mol. The van der Waals surface area contributed by atoms with Crippen LogP contribution in [0.25, 0.3) is 0 Å². The Balaban J connectivity index is 2.39. The number of amides is 2. The smallest absolute Gasteiger partial charge is 0.262 e. The molecule has 2 N–H and O–H groups in total. The van der Waals surface area contributed by atoms with E-state index in [1.54, 1.807) is 11.4 Å². The highest BCUT2D eigenvalue weighted by Gasteiger charge is 2.26. The van der Waals surface area contributed by atoms with Crippen LogP contribution in [0, 0.1) is 6.92 Å². The van der Waals surface area contributed by atoms with Gasteiger partial charge in [-0.05, 0) is 57.2 Å². The molecule has 1 aromatic heterocycles. The van der Waals surface area contributed by atoms with Gasteiger partial charge in [0.15, 0.2) is 5.78 Å². The Kier molecular flexibility index (Phi) is 6.84. The highest BCUT2D eigenvalue weighted by Crippen LogP contribution is 2.33. The van der Waals surface area contributed by atoms with Crippen molar-refractivity contribution in [3.63, 3.8) is 0 Å². The van der Waals surface area contributed by atoms with E-state index in [9.17, 15) is 14.4 Å². The van der Waals surface area contributed by atoms with Gasteiger partial charge in [0.25, 0.3) is 11.8 Å². The van der Waals surface area contributed by atoms with Crippen LogP contribution < -0.4 is 10.6 Å². The summed E-state index contributed by atoms with van der Waals surface area (Å²) in [5, 5.41) is 7.77. The zero-order valence-electron chi connectivity index (χ0n) is 18.7. The van der Waals surface area contributed by atoms with Crippen molar-refractivity contribution in [1.82, 2.24) is 5.32 Å². The van der Waals surface area contributed by atoms with Gasteiger partial charge in [-0.3, -0.25) is 14.4 Å². The number of ketones is 1. The molecule has 0 atom stereocenters. The van der Waals surface area contributed by atoms with Crippen molar-refractivity contribution in [2.75, 3.05) is 5.32 Å². The minimum Gasteiger partial charge on any atom is -0.347 e. The molecule has 0 unspecified atom stereocenters. The third-order valence-electron chi connectivity index (χ3n) is 4.45. The molecule has 1 aromatic carbocycles. The van der Waals surface area contributed by atoms with Crippen molar-refractivity contribution < 1.29 is 14.4 Å². The number of hydrogen-bond acceptors (Lipinski definition) is 4. The minimum atomic E-state index is -0.443. The number of carbonyl (C=O) groups excluding carboxylic acids is 3. The lowest BCUT2D eigenvalue weighted by atomic mass is 9.85. The predicted molar refractivity (Wildman–Crippen MR) is 124 cm³/mol. The molecule has 0 aliphatic rings. The molecule has 2 amide bonds. The molecule has 0 radical (unpaired) electrons. The third-order valence-corrected chi connectivity index (χ3v) is 5.74. The maximum Gasteiger partial charge on any atom is 0.262 e. The van der Waals surface area contributed by atoms with E-state index in [0.29, 0.717) is 16.3 Å². The second-order valence-electron chi connectivity index (χ2n) is 9.46. The number of thiophene rings is 1. The molecule has 0 aliphatic heterocycles. The van der Waals surface area contributed by atoms with E-state index in [0.717, 1.165) is 22.5 Å². The first-order chi connectivity index (χ1) is 13.6. The predicted octanol–water partition coefficient (Wildman–Crippen LogP) is 5.99. The maximum atomic E-state index is 13.0. The van der Waals surface area contributed by atoms with Gasteiger partial charge in [-0.15, -0.1) is 11.3 Å². The molecule has 7 heteroatoms. The first-order valence-electron chi connectivity index (χ1n) is 9.68. The normalized spacial score (nSPS) is 11.9. The van der Waals surface area contributed by atoms with Crippen LogP contribution in [0.3, 0.4) is 0 Å². The van der Waals surface area contributed by atoms with Gasteiger partial charge in [-0.2, -0.15) is 0 Å². The highest BCUT2D eigenvalue weighted by atomic mass is 35.5. The van der Waals surface area contributed by atoms with E-state index >= 15 is 0 Å². The van der Waals surface area contributed by atoms with Gasteiger partial charge in [0.1, 0.15) is 4.88 Å². The van der Waals surface area contributed by atoms with Crippen LogP contribution in [0.2, 0.25) is 5.02 Å². The molecular formula is C23H29ClN2O3S.